The van der Waals surface area contributed by atoms with Crippen LogP contribution in [-0.4, -0.2) is 26.5 Å². The first-order chi connectivity index (χ1) is 11.8. The van der Waals surface area contributed by atoms with Crippen molar-refractivity contribution in [3.63, 3.8) is 0 Å². The number of sulfonamides is 1. The number of alkyl halides is 3. The zero-order valence-corrected chi connectivity index (χ0v) is 15.1. The lowest BCUT2D eigenvalue weighted by atomic mass is 9.95. The highest BCUT2D eigenvalue weighted by Gasteiger charge is 2.32. The lowest BCUT2D eigenvalue weighted by Crippen LogP contribution is -2.38. The monoisotopic (exact) mass is 407 g/mol. The normalized spacial score (nSPS) is 17.3. The molecule has 2 heterocycles. The predicted octanol–water partition coefficient (Wildman–Crippen LogP) is 2.69. The quantitative estimate of drug-likeness (QED) is 0.817. The van der Waals surface area contributed by atoms with Crippen LogP contribution in [-0.2, 0) is 22.6 Å². The Kier molecular flexibility index (Phi) is 6.28. The summed E-state index contributed by atoms with van der Waals surface area (Å²) >= 11 is 0. The fourth-order valence-electron chi connectivity index (χ4n) is 2.76. The van der Waals surface area contributed by atoms with Gasteiger partial charge in [0.1, 0.15) is 10.6 Å². The van der Waals surface area contributed by atoms with E-state index in [1.54, 1.807) is 0 Å². The maximum Gasteiger partial charge on any atom is 0.433 e. The molecule has 142 valence electrons. The van der Waals surface area contributed by atoms with Gasteiger partial charge in [0.2, 0.25) is 10.0 Å². The van der Waals surface area contributed by atoms with E-state index in [1.165, 1.54) is 0 Å². The van der Waals surface area contributed by atoms with E-state index in [0.717, 1.165) is 30.2 Å². The van der Waals surface area contributed by atoms with Crippen molar-refractivity contribution in [2.24, 2.45) is 0 Å². The van der Waals surface area contributed by atoms with Gasteiger partial charge in [-0.1, -0.05) is 24.3 Å². The summed E-state index contributed by atoms with van der Waals surface area (Å²) in [5.41, 5.74) is 1.04. The van der Waals surface area contributed by atoms with Gasteiger partial charge in [0.15, 0.2) is 0 Å². The molecular formula is C16H17ClF3N3O2S. The third-order valence-electron chi connectivity index (χ3n) is 4.03. The topological polar surface area (TPSA) is 71.1 Å². The predicted molar refractivity (Wildman–Crippen MR) is 92.6 cm³/mol. The second-order valence-corrected chi connectivity index (χ2v) is 7.45. The van der Waals surface area contributed by atoms with Gasteiger partial charge in [-0.2, -0.15) is 13.2 Å². The third-order valence-corrected chi connectivity index (χ3v) is 5.44. The lowest BCUT2D eigenvalue weighted by Gasteiger charge is -2.27. The summed E-state index contributed by atoms with van der Waals surface area (Å²) in [6, 6.07) is 9.11. The molecular weight excluding hydrogens is 391 g/mol. The molecule has 0 saturated heterocycles. The number of halogens is 4. The Morgan fingerprint density at radius 2 is 1.92 bits per heavy atom. The molecule has 2 N–H and O–H groups in total. The molecule has 0 fully saturated rings. The summed E-state index contributed by atoms with van der Waals surface area (Å²) in [6.45, 7) is 0.825. The van der Waals surface area contributed by atoms with E-state index in [0.29, 0.717) is 12.3 Å². The zero-order chi connectivity index (χ0) is 18.1. The number of benzene rings is 1. The molecule has 1 aromatic carbocycles. The minimum Gasteiger partial charge on any atom is -0.308 e. The average molecular weight is 408 g/mol. The molecule has 2 aromatic rings. The van der Waals surface area contributed by atoms with Gasteiger partial charge in [0.05, 0.1) is 0 Å². The van der Waals surface area contributed by atoms with Crippen molar-refractivity contribution < 1.29 is 21.6 Å². The molecule has 0 aliphatic carbocycles. The van der Waals surface area contributed by atoms with Crippen molar-refractivity contribution in [2.45, 2.75) is 23.5 Å². The van der Waals surface area contributed by atoms with Crippen LogP contribution in [0.25, 0.3) is 0 Å². The van der Waals surface area contributed by atoms with Gasteiger partial charge in [-0.05, 0) is 36.2 Å². The molecule has 26 heavy (non-hydrogen) atoms. The molecule has 1 aliphatic heterocycles. The first-order valence-corrected chi connectivity index (χ1v) is 9.10. The van der Waals surface area contributed by atoms with E-state index >= 15 is 0 Å². The van der Waals surface area contributed by atoms with Gasteiger partial charge in [-0.15, -0.1) is 12.4 Å². The van der Waals surface area contributed by atoms with Crippen LogP contribution in [0, 0.1) is 0 Å². The molecule has 0 bridgehead atoms. The molecule has 0 saturated carbocycles. The van der Waals surface area contributed by atoms with Crippen LogP contribution in [0.1, 0.15) is 22.9 Å². The number of hydrogen-bond donors (Lipinski definition) is 2. The third kappa shape index (κ3) is 4.53. The molecule has 0 spiro atoms. The fourth-order valence-corrected chi connectivity index (χ4v) is 3.75. The first kappa shape index (κ1) is 20.6. The smallest absolute Gasteiger partial charge is 0.308 e. The van der Waals surface area contributed by atoms with E-state index in [1.807, 2.05) is 24.3 Å². The maximum absolute atomic E-state index is 12.5. The highest BCUT2D eigenvalue weighted by molar-refractivity contribution is 7.89. The van der Waals surface area contributed by atoms with E-state index in [2.05, 4.69) is 15.0 Å². The Balaban J connectivity index is 0.00000243. The van der Waals surface area contributed by atoms with Gasteiger partial charge in [0.25, 0.3) is 0 Å². The number of hydrogen-bond acceptors (Lipinski definition) is 4. The summed E-state index contributed by atoms with van der Waals surface area (Å²) in [6.07, 6.45) is -3.03. The highest BCUT2D eigenvalue weighted by atomic mass is 35.5. The standard InChI is InChI=1S/C16H16F3N3O2S.ClH/c17-16(18,19)15-6-5-12(9-21-15)25(23,24)22-10-14-13-4-2-1-3-11(13)7-8-20-14;/h1-6,9,14,20,22H,7-8,10H2;1H. The minimum atomic E-state index is -4.61. The number of fused-ring (bicyclic) bond motifs is 1. The van der Waals surface area contributed by atoms with Gasteiger partial charge in [-0.25, -0.2) is 13.1 Å². The molecule has 1 atom stereocenters. The van der Waals surface area contributed by atoms with Crippen LogP contribution in [0.15, 0.2) is 47.5 Å². The Bertz CT molecular complexity index is 858. The Hall–Kier alpha value is -1.68. The minimum absolute atomic E-state index is 0. The first-order valence-electron chi connectivity index (χ1n) is 7.61. The van der Waals surface area contributed by atoms with Crippen molar-refractivity contribution in [3.05, 3.63) is 59.4 Å². The summed E-state index contributed by atoms with van der Waals surface area (Å²) < 4.78 is 64.5. The average Bonchev–Trinajstić information content (AvgIpc) is 2.59. The lowest BCUT2D eigenvalue weighted by molar-refractivity contribution is -0.141. The van der Waals surface area contributed by atoms with Gasteiger partial charge in [0, 0.05) is 18.8 Å². The Morgan fingerprint density at radius 3 is 2.58 bits per heavy atom. The van der Waals surface area contributed by atoms with Crippen LogP contribution in [0.2, 0.25) is 0 Å². The zero-order valence-electron chi connectivity index (χ0n) is 13.5. The number of pyridine rings is 1. The molecule has 10 heteroatoms. The SMILES string of the molecule is Cl.O=S(=O)(NCC1NCCc2ccccc21)c1ccc(C(F)(F)F)nc1. The number of rotatable bonds is 4. The molecule has 0 amide bonds. The number of nitrogens with one attached hydrogen (secondary N) is 2. The summed E-state index contributed by atoms with van der Waals surface area (Å²) in [5.74, 6) is 0. The van der Waals surface area contributed by atoms with E-state index in [-0.39, 0.29) is 29.9 Å². The summed E-state index contributed by atoms with van der Waals surface area (Å²) in [7, 11) is -3.94. The second-order valence-electron chi connectivity index (χ2n) is 5.68. The van der Waals surface area contributed by atoms with E-state index in [4.69, 9.17) is 0 Å². The van der Waals surface area contributed by atoms with Crippen LogP contribution >= 0.6 is 12.4 Å². The van der Waals surface area contributed by atoms with Crippen LogP contribution in [0.4, 0.5) is 13.2 Å². The number of nitrogens with zero attached hydrogens (tertiary/aromatic N) is 1. The van der Waals surface area contributed by atoms with Crippen molar-refractivity contribution in [1.82, 2.24) is 15.0 Å². The van der Waals surface area contributed by atoms with Crippen molar-refractivity contribution in [2.75, 3.05) is 13.1 Å². The van der Waals surface area contributed by atoms with Crippen molar-refractivity contribution in [3.8, 4) is 0 Å². The largest absolute Gasteiger partial charge is 0.433 e. The van der Waals surface area contributed by atoms with Gasteiger partial charge < -0.3 is 5.32 Å². The molecule has 1 unspecified atom stereocenters. The maximum atomic E-state index is 12.5. The molecule has 1 aliphatic rings. The Morgan fingerprint density at radius 1 is 1.19 bits per heavy atom. The van der Waals surface area contributed by atoms with E-state index in [9.17, 15) is 21.6 Å². The van der Waals surface area contributed by atoms with E-state index < -0.39 is 21.9 Å². The van der Waals surface area contributed by atoms with Crippen molar-refractivity contribution in [1.29, 1.82) is 0 Å². The molecule has 5 nitrogen and oxygen atoms in total. The molecule has 0 radical (unpaired) electrons. The van der Waals surface area contributed by atoms with Gasteiger partial charge in [-0.3, -0.25) is 4.98 Å². The Labute approximate surface area is 155 Å². The fraction of sp³-hybridized carbons (Fsp3) is 0.312. The highest BCUT2D eigenvalue weighted by Crippen LogP contribution is 2.28. The van der Waals surface area contributed by atoms with Crippen LogP contribution < -0.4 is 10.0 Å². The van der Waals surface area contributed by atoms with Gasteiger partial charge >= 0.3 is 6.18 Å². The second kappa shape index (κ2) is 7.91. The van der Waals surface area contributed by atoms with Crippen LogP contribution in [0.3, 0.4) is 0 Å². The number of aromatic nitrogens is 1. The molecule has 3 rings (SSSR count). The molecule has 1 aromatic heterocycles. The van der Waals surface area contributed by atoms with Crippen LogP contribution in [0.5, 0.6) is 0 Å². The van der Waals surface area contributed by atoms with Crippen molar-refractivity contribution >= 4 is 22.4 Å². The summed E-state index contributed by atoms with van der Waals surface area (Å²) in [4.78, 5) is 2.89. The summed E-state index contributed by atoms with van der Waals surface area (Å²) in [5, 5.41) is 3.24.